The smallest absolute Gasteiger partial charge is 0.0791 e. The molecule has 1 saturated heterocycles. The highest BCUT2D eigenvalue weighted by Gasteiger charge is 2.27. The van der Waals surface area contributed by atoms with Gasteiger partial charge in [0.15, 0.2) is 0 Å². The van der Waals surface area contributed by atoms with E-state index in [0.717, 1.165) is 32.8 Å². The molecule has 0 radical (unpaired) electrons. The Hall–Kier alpha value is -0.160. The van der Waals surface area contributed by atoms with Gasteiger partial charge in [-0.1, -0.05) is 19.3 Å². The van der Waals surface area contributed by atoms with Crippen LogP contribution in [0.25, 0.3) is 0 Å². The topological polar surface area (TPSA) is 44.7 Å². The van der Waals surface area contributed by atoms with Gasteiger partial charge in [0.05, 0.1) is 19.3 Å². The first-order valence-corrected chi connectivity index (χ1v) is 7.41. The monoisotopic (exact) mass is 256 g/mol. The second-order valence-electron chi connectivity index (χ2n) is 6.07. The number of ether oxygens (including phenoxy) is 1. The van der Waals surface area contributed by atoms with Crippen molar-refractivity contribution in [3.05, 3.63) is 0 Å². The Morgan fingerprint density at radius 1 is 1.22 bits per heavy atom. The quantitative estimate of drug-likeness (QED) is 0.770. The molecular formula is C14H28N2O2. The van der Waals surface area contributed by atoms with Crippen LogP contribution in [0.5, 0.6) is 0 Å². The first kappa shape index (κ1) is 14.3. The minimum absolute atomic E-state index is 0.254. The number of nitrogens with one attached hydrogen (secondary N) is 1. The van der Waals surface area contributed by atoms with E-state index in [1.807, 2.05) is 0 Å². The molecule has 106 valence electrons. The summed E-state index contributed by atoms with van der Waals surface area (Å²) >= 11 is 0. The molecule has 2 aliphatic rings. The third-order valence-corrected chi connectivity index (χ3v) is 4.29. The van der Waals surface area contributed by atoms with Gasteiger partial charge in [-0.05, 0) is 19.8 Å². The Bertz CT molecular complexity index is 236. The van der Waals surface area contributed by atoms with Crippen LogP contribution in [0, 0.1) is 0 Å². The lowest BCUT2D eigenvalue weighted by molar-refractivity contribution is 0.0130. The molecule has 0 spiro atoms. The SMILES string of the molecule is CC1(NCC(O)CN2CCOCC2)CCCCC1. The summed E-state index contributed by atoms with van der Waals surface area (Å²) in [4.78, 5) is 2.29. The number of hydrogen-bond acceptors (Lipinski definition) is 4. The van der Waals surface area contributed by atoms with E-state index in [0.29, 0.717) is 6.54 Å². The normalized spacial score (nSPS) is 27.0. The molecule has 1 unspecified atom stereocenters. The van der Waals surface area contributed by atoms with Crippen LogP contribution in [0.15, 0.2) is 0 Å². The molecule has 1 atom stereocenters. The predicted molar refractivity (Wildman–Crippen MR) is 72.8 cm³/mol. The molecule has 1 aliphatic carbocycles. The van der Waals surface area contributed by atoms with Gasteiger partial charge in [0.1, 0.15) is 0 Å². The zero-order valence-corrected chi connectivity index (χ0v) is 11.7. The average Bonchev–Trinajstić information content (AvgIpc) is 2.39. The number of rotatable bonds is 5. The molecule has 0 bridgehead atoms. The van der Waals surface area contributed by atoms with Gasteiger partial charge in [0.2, 0.25) is 0 Å². The first-order valence-electron chi connectivity index (χ1n) is 7.41. The Balaban J connectivity index is 1.65. The second-order valence-corrected chi connectivity index (χ2v) is 6.07. The van der Waals surface area contributed by atoms with E-state index in [9.17, 15) is 5.11 Å². The summed E-state index contributed by atoms with van der Waals surface area (Å²) in [7, 11) is 0. The van der Waals surface area contributed by atoms with Crippen molar-refractivity contribution < 1.29 is 9.84 Å². The first-order chi connectivity index (χ1) is 8.68. The van der Waals surface area contributed by atoms with E-state index in [4.69, 9.17) is 4.74 Å². The Morgan fingerprint density at radius 3 is 2.56 bits per heavy atom. The number of hydrogen-bond donors (Lipinski definition) is 2. The fourth-order valence-corrected chi connectivity index (χ4v) is 3.02. The molecule has 4 heteroatoms. The van der Waals surface area contributed by atoms with E-state index in [-0.39, 0.29) is 11.6 Å². The van der Waals surface area contributed by atoms with Gasteiger partial charge < -0.3 is 15.2 Å². The van der Waals surface area contributed by atoms with Crippen LogP contribution in [-0.2, 0) is 4.74 Å². The number of aliphatic hydroxyl groups is 1. The van der Waals surface area contributed by atoms with Gasteiger partial charge in [-0.25, -0.2) is 0 Å². The Labute approximate surface area is 111 Å². The lowest BCUT2D eigenvalue weighted by Crippen LogP contribution is -2.50. The fourth-order valence-electron chi connectivity index (χ4n) is 3.02. The van der Waals surface area contributed by atoms with Crippen molar-refractivity contribution in [2.45, 2.75) is 50.7 Å². The number of nitrogens with zero attached hydrogens (tertiary/aromatic N) is 1. The summed E-state index contributed by atoms with van der Waals surface area (Å²) in [6, 6.07) is 0. The largest absolute Gasteiger partial charge is 0.390 e. The molecule has 18 heavy (non-hydrogen) atoms. The molecule has 2 N–H and O–H groups in total. The predicted octanol–water partition coefficient (Wildman–Crippen LogP) is 0.992. The van der Waals surface area contributed by atoms with Crippen LogP contribution in [0.3, 0.4) is 0 Å². The molecule has 1 heterocycles. The van der Waals surface area contributed by atoms with Crippen molar-refractivity contribution >= 4 is 0 Å². The number of β-amino-alcohol motifs (C(OH)–C–C–N with tert-alkyl or cyclic N) is 1. The standard InChI is InChI=1S/C14H28N2O2/c1-14(5-3-2-4-6-14)15-11-13(17)12-16-7-9-18-10-8-16/h13,15,17H,2-12H2,1H3. The maximum Gasteiger partial charge on any atom is 0.0791 e. The lowest BCUT2D eigenvalue weighted by Gasteiger charge is -2.36. The van der Waals surface area contributed by atoms with Crippen molar-refractivity contribution in [2.24, 2.45) is 0 Å². The maximum absolute atomic E-state index is 10.1. The summed E-state index contributed by atoms with van der Waals surface area (Å²) in [6.45, 7) is 7.30. The van der Waals surface area contributed by atoms with Crippen LogP contribution >= 0.6 is 0 Å². The third-order valence-electron chi connectivity index (χ3n) is 4.29. The summed E-state index contributed by atoms with van der Waals surface area (Å²) in [6.07, 6.45) is 6.25. The number of aliphatic hydroxyl groups excluding tert-OH is 1. The molecule has 0 aromatic carbocycles. The van der Waals surface area contributed by atoms with Gasteiger partial charge in [-0.3, -0.25) is 4.90 Å². The van der Waals surface area contributed by atoms with E-state index < -0.39 is 0 Å². The lowest BCUT2D eigenvalue weighted by atomic mass is 9.83. The summed E-state index contributed by atoms with van der Waals surface area (Å²) < 4.78 is 5.31. The van der Waals surface area contributed by atoms with Crippen molar-refractivity contribution in [3.63, 3.8) is 0 Å². The third kappa shape index (κ3) is 4.50. The molecule has 2 fully saturated rings. The molecule has 1 aliphatic heterocycles. The molecule has 0 amide bonds. The van der Waals surface area contributed by atoms with Crippen LogP contribution < -0.4 is 5.32 Å². The molecule has 0 aromatic heterocycles. The van der Waals surface area contributed by atoms with Crippen LogP contribution in [0.1, 0.15) is 39.0 Å². The molecule has 2 rings (SSSR count). The molecule has 0 aromatic rings. The van der Waals surface area contributed by atoms with E-state index in [1.54, 1.807) is 0 Å². The number of morpholine rings is 1. The van der Waals surface area contributed by atoms with Crippen molar-refractivity contribution in [1.29, 1.82) is 0 Å². The van der Waals surface area contributed by atoms with Crippen LogP contribution in [0.4, 0.5) is 0 Å². The van der Waals surface area contributed by atoms with Gasteiger partial charge in [-0.15, -0.1) is 0 Å². The van der Waals surface area contributed by atoms with E-state index in [1.165, 1.54) is 32.1 Å². The zero-order chi connectivity index (χ0) is 12.8. The highest BCUT2D eigenvalue weighted by Crippen LogP contribution is 2.27. The summed E-state index contributed by atoms with van der Waals surface area (Å²) in [5, 5.41) is 13.7. The Morgan fingerprint density at radius 2 is 1.89 bits per heavy atom. The minimum atomic E-state index is -0.262. The molecule has 1 saturated carbocycles. The van der Waals surface area contributed by atoms with Gasteiger partial charge in [0.25, 0.3) is 0 Å². The van der Waals surface area contributed by atoms with Gasteiger partial charge in [-0.2, -0.15) is 0 Å². The molecule has 4 nitrogen and oxygen atoms in total. The maximum atomic E-state index is 10.1. The highest BCUT2D eigenvalue weighted by atomic mass is 16.5. The average molecular weight is 256 g/mol. The van der Waals surface area contributed by atoms with E-state index >= 15 is 0 Å². The summed E-state index contributed by atoms with van der Waals surface area (Å²) in [5.41, 5.74) is 0.254. The zero-order valence-electron chi connectivity index (χ0n) is 11.7. The van der Waals surface area contributed by atoms with E-state index in [2.05, 4.69) is 17.1 Å². The fraction of sp³-hybridized carbons (Fsp3) is 1.00. The molecular weight excluding hydrogens is 228 g/mol. The van der Waals surface area contributed by atoms with Crippen molar-refractivity contribution in [2.75, 3.05) is 39.4 Å². The van der Waals surface area contributed by atoms with Crippen molar-refractivity contribution in [1.82, 2.24) is 10.2 Å². The van der Waals surface area contributed by atoms with Crippen LogP contribution in [0.2, 0.25) is 0 Å². The van der Waals surface area contributed by atoms with Crippen molar-refractivity contribution in [3.8, 4) is 0 Å². The van der Waals surface area contributed by atoms with Crippen LogP contribution in [-0.4, -0.2) is 61.0 Å². The Kier molecular flexibility index (Phi) is 5.42. The van der Waals surface area contributed by atoms with Gasteiger partial charge >= 0.3 is 0 Å². The van der Waals surface area contributed by atoms with Gasteiger partial charge in [0, 0.05) is 31.7 Å². The second kappa shape index (κ2) is 6.85. The highest BCUT2D eigenvalue weighted by molar-refractivity contribution is 4.87. The summed E-state index contributed by atoms with van der Waals surface area (Å²) in [5.74, 6) is 0. The minimum Gasteiger partial charge on any atom is -0.390 e.